The number of anilines is 1. The molecule has 1 aromatic rings. The van der Waals surface area contributed by atoms with Gasteiger partial charge in [-0.15, -0.1) is 0 Å². The van der Waals surface area contributed by atoms with Crippen LogP contribution in [0, 0.1) is 5.92 Å². The average molecular weight is 368 g/mol. The molecule has 0 spiro atoms. The smallest absolute Gasteiger partial charge is 0.347 e. The predicted octanol–water partition coefficient (Wildman–Crippen LogP) is 3.55. The summed E-state index contributed by atoms with van der Waals surface area (Å²) in [6.45, 7) is 4.31. The van der Waals surface area contributed by atoms with Crippen molar-refractivity contribution >= 4 is 29.2 Å². The Bertz CT molecular complexity index is 635. The summed E-state index contributed by atoms with van der Waals surface area (Å²) in [5.41, 5.74) is 0.392. The Morgan fingerprint density at radius 1 is 1.20 bits per heavy atom. The third-order valence-electron chi connectivity index (χ3n) is 3.48. The fraction of sp³-hybridized carbons (Fsp3) is 0.444. The Labute approximate surface area is 152 Å². The van der Waals surface area contributed by atoms with Gasteiger partial charge in [0.2, 0.25) is 0 Å². The molecule has 0 radical (unpaired) electrons. The number of carbonyl (C=O) groups excluding carboxylic acids is 2. The van der Waals surface area contributed by atoms with Crippen LogP contribution in [0.2, 0.25) is 5.02 Å². The summed E-state index contributed by atoms with van der Waals surface area (Å²) in [6, 6.07) is 5.15. The summed E-state index contributed by atoms with van der Waals surface area (Å²) in [4.78, 5) is 23.8. The molecule has 0 atom stereocenters. The summed E-state index contributed by atoms with van der Waals surface area (Å²) in [6.07, 6.45) is 3.66. The molecule has 0 saturated heterocycles. The third kappa shape index (κ3) is 5.98. The van der Waals surface area contributed by atoms with Gasteiger partial charge in [0, 0.05) is 11.9 Å². The molecule has 1 aliphatic rings. The van der Waals surface area contributed by atoms with E-state index in [1.54, 1.807) is 32.0 Å². The van der Waals surface area contributed by atoms with Crippen LogP contribution in [0.5, 0.6) is 5.75 Å². The Hall–Kier alpha value is -2.21. The number of ether oxygens (including phenoxy) is 3. The highest BCUT2D eigenvalue weighted by molar-refractivity contribution is 6.32. The molecule has 0 unspecified atom stereocenters. The van der Waals surface area contributed by atoms with Gasteiger partial charge >= 0.3 is 11.9 Å². The average Bonchev–Trinajstić information content (AvgIpc) is 3.39. The first-order valence-corrected chi connectivity index (χ1v) is 8.66. The van der Waals surface area contributed by atoms with E-state index in [0.29, 0.717) is 29.0 Å². The number of rotatable bonds is 9. The van der Waals surface area contributed by atoms with Crippen LogP contribution >= 0.6 is 11.6 Å². The maximum absolute atomic E-state index is 11.9. The van der Waals surface area contributed by atoms with Crippen LogP contribution in [0.25, 0.3) is 0 Å². The van der Waals surface area contributed by atoms with Gasteiger partial charge < -0.3 is 19.5 Å². The monoisotopic (exact) mass is 367 g/mol. The number of carbonyl (C=O) groups is 2. The van der Waals surface area contributed by atoms with E-state index in [0.717, 1.165) is 0 Å². The van der Waals surface area contributed by atoms with E-state index in [4.69, 9.17) is 25.8 Å². The van der Waals surface area contributed by atoms with Crippen LogP contribution in [-0.2, 0) is 19.1 Å². The number of benzene rings is 1. The number of esters is 2. The number of nitrogens with one attached hydrogen (secondary N) is 1. The molecule has 1 saturated carbocycles. The zero-order valence-corrected chi connectivity index (χ0v) is 15.1. The number of halogens is 1. The van der Waals surface area contributed by atoms with Gasteiger partial charge in [-0.25, -0.2) is 9.59 Å². The fourth-order valence-corrected chi connectivity index (χ4v) is 2.21. The van der Waals surface area contributed by atoms with Crippen molar-refractivity contribution in [3.05, 3.63) is 35.0 Å². The second-order valence-electron chi connectivity index (χ2n) is 5.54. The lowest BCUT2D eigenvalue weighted by molar-refractivity contribution is -0.146. The van der Waals surface area contributed by atoms with Gasteiger partial charge in [-0.05, 0) is 50.8 Å². The zero-order chi connectivity index (χ0) is 18.2. The van der Waals surface area contributed by atoms with Gasteiger partial charge in [0.25, 0.3) is 0 Å². The Morgan fingerprint density at radius 3 is 2.36 bits per heavy atom. The van der Waals surface area contributed by atoms with Gasteiger partial charge in [-0.3, -0.25) is 0 Å². The number of hydrogen-bond donors (Lipinski definition) is 1. The Kier molecular flexibility index (Phi) is 7.13. The molecule has 2 rings (SSSR count). The van der Waals surface area contributed by atoms with Crippen molar-refractivity contribution in [1.29, 1.82) is 0 Å². The molecule has 0 heterocycles. The van der Waals surface area contributed by atoms with Crippen LogP contribution in [-0.4, -0.2) is 31.8 Å². The van der Waals surface area contributed by atoms with Crippen molar-refractivity contribution in [1.82, 2.24) is 0 Å². The second kappa shape index (κ2) is 9.32. The molecular formula is C18H22ClNO5. The first kappa shape index (κ1) is 19.1. The van der Waals surface area contributed by atoms with E-state index in [2.05, 4.69) is 5.32 Å². The zero-order valence-electron chi connectivity index (χ0n) is 14.3. The maximum atomic E-state index is 11.9. The van der Waals surface area contributed by atoms with Crippen LogP contribution in [0.15, 0.2) is 30.0 Å². The summed E-state index contributed by atoms with van der Waals surface area (Å²) < 4.78 is 15.4. The fourth-order valence-electron chi connectivity index (χ4n) is 1.97. The van der Waals surface area contributed by atoms with E-state index in [-0.39, 0.29) is 18.8 Å². The van der Waals surface area contributed by atoms with Crippen molar-refractivity contribution in [3.8, 4) is 5.75 Å². The van der Waals surface area contributed by atoms with Crippen molar-refractivity contribution in [2.75, 3.05) is 25.1 Å². The predicted molar refractivity (Wildman–Crippen MR) is 94.6 cm³/mol. The molecule has 0 amide bonds. The Morgan fingerprint density at radius 2 is 1.84 bits per heavy atom. The summed E-state index contributed by atoms with van der Waals surface area (Å²) in [5.74, 6) is -0.250. The van der Waals surface area contributed by atoms with E-state index >= 15 is 0 Å². The molecule has 0 aromatic heterocycles. The normalized spacial score (nSPS) is 12.9. The van der Waals surface area contributed by atoms with E-state index in [9.17, 15) is 9.59 Å². The Balaban J connectivity index is 2.05. The minimum atomic E-state index is -0.746. The van der Waals surface area contributed by atoms with Crippen molar-refractivity contribution in [3.63, 3.8) is 0 Å². The highest BCUT2D eigenvalue weighted by Gasteiger charge is 2.22. The lowest BCUT2D eigenvalue weighted by atomic mass is 10.2. The van der Waals surface area contributed by atoms with Crippen molar-refractivity contribution in [2.24, 2.45) is 5.92 Å². The van der Waals surface area contributed by atoms with E-state index in [1.165, 1.54) is 19.0 Å². The van der Waals surface area contributed by atoms with Gasteiger partial charge in [-0.2, -0.15) is 0 Å². The third-order valence-corrected chi connectivity index (χ3v) is 3.77. The molecule has 0 aliphatic heterocycles. The molecule has 136 valence electrons. The van der Waals surface area contributed by atoms with Crippen LogP contribution in [0.3, 0.4) is 0 Å². The van der Waals surface area contributed by atoms with Crippen LogP contribution in [0.1, 0.15) is 26.7 Å². The number of hydrogen-bond acceptors (Lipinski definition) is 6. The molecule has 1 aliphatic carbocycles. The highest BCUT2D eigenvalue weighted by atomic mass is 35.5. The molecule has 1 fully saturated rings. The first-order valence-electron chi connectivity index (χ1n) is 8.28. The maximum Gasteiger partial charge on any atom is 0.347 e. The van der Waals surface area contributed by atoms with Gasteiger partial charge in [-0.1, -0.05) is 11.6 Å². The summed E-state index contributed by atoms with van der Waals surface area (Å²) in [7, 11) is 0. The lowest BCUT2D eigenvalue weighted by Gasteiger charge is -2.10. The SMILES string of the molecule is CCOC(=O)C(=CNc1ccc(OCC2CC2)c(Cl)c1)C(=O)OCC. The van der Waals surface area contributed by atoms with E-state index in [1.807, 2.05) is 0 Å². The molecule has 0 bridgehead atoms. The summed E-state index contributed by atoms with van der Waals surface area (Å²) >= 11 is 6.20. The minimum absolute atomic E-state index is 0.161. The van der Waals surface area contributed by atoms with Crippen molar-refractivity contribution < 1.29 is 23.8 Å². The topological polar surface area (TPSA) is 73.9 Å². The molecule has 1 aromatic carbocycles. The molecular weight excluding hydrogens is 346 g/mol. The van der Waals surface area contributed by atoms with E-state index < -0.39 is 11.9 Å². The first-order chi connectivity index (χ1) is 12.0. The highest BCUT2D eigenvalue weighted by Crippen LogP contribution is 2.32. The molecule has 25 heavy (non-hydrogen) atoms. The summed E-state index contributed by atoms with van der Waals surface area (Å²) in [5, 5.41) is 3.32. The lowest BCUT2D eigenvalue weighted by Crippen LogP contribution is -2.19. The second-order valence-corrected chi connectivity index (χ2v) is 5.95. The van der Waals surface area contributed by atoms with Gasteiger partial charge in [0.05, 0.1) is 24.8 Å². The van der Waals surface area contributed by atoms with Crippen molar-refractivity contribution in [2.45, 2.75) is 26.7 Å². The standard InChI is InChI=1S/C18H22ClNO5/c1-3-23-17(21)14(18(22)24-4-2)10-20-13-7-8-16(15(19)9-13)25-11-12-5-6-12/h7-10,12,20H,3-6,11H2,1-2H3. The van der Waals surface area contributed by atoms with Gasteiger partial charge in [0.1, 0.15) is 5.75 Å². The minimum Gasteiger partial charge on any atom is -0.492 e. The van der Waals surface area contributed by atoms with Gasteiger partial charge in [0.15, 0.2) is 5.57 Å². The van der Waals surface area contributed by atoms with Crippen LogP contribution < -0.4 is 10.1 Å². The quantitative estimate of drug-likeness (QED) is 0.311. The molecule has 1 N–H and O–H groups in total. The molecule has 6 nitrogen and oxygen atoms in total. The largest absolute Gasteiger partial charge is 0.492 e. The molecule has 7 heteroatoms. The van der Waals surface area contributed by atoms with Crippen LogP contribution in [0.4, 0.5) is 5.69 Å².